The van der Waals surface area contributed by atoms with E-state index in [0.717, 1.165) is 24.3 Å². The SMILES string of the molecule is N#CC1(Cc2sccc2Cl)CCC1. The first kappa shape index (κ1) is 9.05. The Balaban J connectivity index is 2.14. The summed E-state index contributed by atoms with van der Waals surface area (Å²) in [6.45, 7) is 0. The van der Waals surface area contributed by atoms with E-state index in [1.165, 1.54) is 11.3 Å². The molecule has 3 heteroatoms. The molecule has 1 heterocycles. The zero-order valence-electron chi connectivity index (χ0n) is 7.22. The lowest BCUT2D eigenvalue weighted by Crippen LogP contribution is -2.29. The smallest absolute Gasteiger partial charge is 0.0693 e. The van der Waals surface area contributed by atoms with Crippen LogP contribution < -0.4 is 0 Å². The van der Waals surface area contributed by atoms with Crippen LogP contribution in [-0.2, 0) is 6.42 Å². The van der Waals surface area contributed by atoms with E-state index in [1.54, 1.807) is 11.3 Å². The standard InChI is InChI=1S/C10H10ClNS/c11-8-2-5-13-9(8)6-10(7-12)3-1-4-10/h2,5H,1,3-4,6H2. The summed E-state index contributed by atoms with van der Waals surface area (Å²) in [5, 5.41) is 11.9. The van der Waals surface area contributed by atoms with Crippen LogP contribution in [0.25, 0.3) is 0 Å². The molecular formula is C10H10ClNS. The van der Waals surface area contributed by atoms with Crippen LogP contribution in [0, 0.1) is 16.7 Å². The molecule has 0 amide bonds. The number of nitrogens with zero attached hydrogens (tertiary/aromatic N) is 1. The first-order chi connectivity index (χ1) is 6.26. The minimum atomic E-state index is -0.0888. The summed E-state index contributed by atoms with van der Waals surface area (Å²) >= 11 is 7.64. The molecule has 68 valence electrons. The van der Waals surface area contributed by atoms with Crippen LogP contribution in [0.5, 0.6) is 0 Å². The van der Waals surface area contributed by atoms with Crippen LogP contribution in [-0.4, -0.2) is 0 Å². The third-order valence-electron chi connectivity index (χ3n) is 2.74. The van der Waals surface area contributed by atoms with Crippen molar-refractivity contribution in [3.63, 3.8) is 0 Å². The van der Waals surface area contributed by atoms with E-state index in [1.807, 2.05) is 11.4 Å². The molecule has 1 nitrogen and oxygen atoms in total. The highest BCUT2D eigenvalue weighted by Crippen LogP contribution is 2.44. The van der Waals surface area contributed by atoms with Crippen LogP contribution in [0.2, 0.25) is 5.02 Å². The highest BCUT2D eigenvalue weighted by Gasteiger charge is 2.37. The normalized spacial score (nSPS) is 19.1. The van der Waals surface area contributed by atoms with Gasteiger partial charge in [-0.1, -0.05) is 18.0 Å². The predicted molar refractivity (Wildman–Crippen MR) is 54.9 cm³/mol. The van der Waals surface area contributed by atoms with Crippen molar-refractivity contribution in [3.8, 4) is 6.07 Å². The second-order valence-electron chi connectivity index (χ2n) is 3.61. The van der Waals surface area contributed by atoms with Gasteiger partial charge in [0.25, 0.3) is 0 Å². The first-order valence-corrected chi connectivity index (χ1v) is 5.65. The fourth-order valence-electron chi connectivity index (χ4n) is 1.69. The van der Waals surface area contributed by atoms with Crippen molar-refractivity contribution in [2.24, 2.45) is 5.41 Å². The Morgan fingerprint density at radius 3 is 2.77 bits per heavy atom. The summed E-state index contributed by atoms with van der Waals surface area (Å²) in [6.07, 6.45) is 4.12. The minimum Gasteiger partial charge on any atom is -0.198 e. The van der Waals surface area contributed by atoms with Crippen molar-refractivity contribution in [1.29, 1.82) is 5.26 Å². The van der Waals surface area contributed by atoms with E-state index in [9.17, 15) is 0 Å². The molecule has 0 unspecified atom stereocenters. The Hall–Kier alpha value is -0.520. The van der Waals surface area contributed by atoms with Crippen LogP contribution in [0.15, 0.2) is 11.4 Å². The molecule has 0 N–H and O–H groups in total. The van der Waals surface area contributed by atoms with Crippen molar-refractivity contribution in [1.82, 2.24) is 0 Å². The van der Waals surface area contributed by atoms with Crippen LogP contribution in [0.1, 0.15) is 24.1 Å². The maximum Gasteiger partial charge on any atom is 0.0693 e. The molecule has 0 aromatic carbocycles. The summed E-state index contributed by atoms with van der Waals surface area (Å²) in [7, 11) is 0. The summed E-state index contributed by atoms with van der Waals surface area (Å²) < 4.78 is 0. The van der Waals surface area contributed by atoms with Gasteiger partial charge in [0, 0.05) is 11.3 Å². The minimum absolute atomic E-state index is 0.0888. The molecule has 1 aliphatic rings. The van der Waals surface area contributed by atoms with Crippen molar-refractivity contribution in [2.75, 3.05) is 0 Å². The number of nitriles is 1. The van der Waals surface area contributed by atoms with Crippen molar-refractivity contribution in [3.05, 3.63) is 21.3 Å². The third kappa shape index (κ3) is 1.59. The molecule has 0 radical (unpaired) electrons. The zero-order chi connectivity index (χ0) is 9.31. The van der Waals surface area contributed by atoms with E-state index in [4.69, 9.17) is 16.9 Å². The van der Waals surface area contributed by atoms with E-state index in [0.29, 0.717) is 0 Å². The van der Waals surface area contributed by atoms with Gasteiger partial charge in [-0.2, -0.15) is 5.26 Å². The molecule has 0 bridgehead atoms. The maximum atomic E-state index is 9.04. The number of thiophene rings is 1. The summed E-state index contributed by atoms with van der Waals surface area (Å²) in [6, 6.07) is 4.34. The van der Waals surface area contributed by atoms with Crippen molar-refractivity contribution in [2.45, 2.75) is 25.7 Å². The summed E-state index contributed by atoms with van der Waals surface area (Å²) in [5.74, 6) is 0. The molecule has 1 aliphatic carbocycles. The molecule has 13 heavy (non-hydrogen) atoms. The average Bonchev–Trinajstić information content (AvgIpc) is 2.44. The topological polar surface area (TPSA) is 23.8 Å². The highest BCUT2D eigenvalue weighted by molar-refractivity contribution is 7.10. The second kappa shape index (κ2) is 3.32. The van der Waals surface area contributed by atoms with Gasteiger partial charge >= 0.3 is 0 Å². The van der Waals surface area contributed by atoms with Gasteiger partial charge in [0.05, 0.1) is 16.5 Å². The van der Waals surface area contributed by atoms with E-state index >= 15 is 0 Å². The van der Waals surface area contributed by atoms with Gasteiger partial charge in [-0.15, -0.1) is 11.3 Å². The van der Waals surface area contributed by atoms with E-state index < -0.39 is 0 Å². The predicted octanol–water partition coefficient (Wildman–Crippen LogP) is 3.64. The van der Waals surface area contributed by atoms with Gasteiger partial charge in [0.2, 0.25) is 0 Å². The molecule has 1 aromatic rings. The molecule has 0 aliphatic heterocycles. The Kier molecular flexibility index (Phi) is 2.31. The Labute approximate surface area is 87.0 Å². The van der Waals surface area contributed by atoms with Gasteiger partial charge in [0.1, 0.15) is 0 Å². The molecule has 1 fully saturated rings. The van der Waals surface area contributed by atoms with Gasteiger partial charge in [-0.3, -0.25) is 0 Å². The number of halogens is 1. The highest BCUT2D eigenvalue weighted by atomic mass is 35.5. The molecule has 0 saturated heterocycles. The largest absolute Gasteiger partial charge is 0.198 e. The number of hydrogen-bond donors (Lipinski definition) is 0. The molecule has 2 rings (SSSR count). The lowest BCUT2D eigenvalue weighted by molar-refractivity contribution is 0.215. The third-order valence-corrected chi connectivity index (χ3v) is 4.12. The molecule has 1 aromatic heterocycles. The lowest BCUT2D eigenvalue weighted by atomic mass is 9.67. The zero-order valence-corrected chi connectivity index (χ0v) is 8.79. The molecular weight excluding hydrogens is 202 g/mol. The Morgan fingerprint density at radius 1 is 1.62 bits per heavy atom. The maximum absolute atomic E-state index is 9.04. The van der Waals surface area contributed by atoms with E-state index in [-0.39, 0.29) is 5.41 Å². The fraction of sp³-hybridized carbons (Fsp3) is 0.500. The van der Waals surface area contributed by atoms with Crippen LogP contribution in [0.4, 0.5) is 0 Å². The van der Waals surface area contributed by atoms with Crippen molar-refractivity contribution >= 4 is 22.9 Å². The monoisotopic (exact) mass is 211 g/mol. The Morgan fingerprint density at radius 2 is 2.38 bits per heavy atom. The van der Waals surface area contributed by atoms with Gasteiger partial charge in [-0.05, 0) is 24.3 Å². The molecule has 0 spiro atoms. The van der Waals surface area contributed by atoms with Gasteiger partial charge in [0.15, 0.2) is 0 Å². The first-order valence-electron chi connectivity index (χ1n) is 4.39. The number of rotatable bonds is 2. The average molecular weight is 212 g/mol. The van der Waals surface area contributed by atoms with Crippen LogP contribution in [0.3, 0.4) is 0 Å². The number of hydrogen-bond acceptors (Lipinski definition) is 2. The molecule has 1 saturated carbocycles. The lowest BCUT2D eigenvalue weighted by Gasteiger charge is -2.34. The molecule has 0 atom stereocenters. The summed E-state index contributed by atoms with van der Waals surface area (Å²) in [4.78, 5) is 1.17. The van der Waals surface area contributed by atoms with Gasteiger partial charge < -0.3 is 0 Å². The quantitative estimate of drug-likeness (QED) is 0.733. The fourth-order valence-corrected chi connectivity index (χ4v) is 2.94. The van der Waals surface area contributed by atoms with E-state index in [2.05, 4.69) is 6.07 Å². The van der Waals surface area contributed by atoms with Gasteiger partial charge in [-0.25, -0.2) is 0 Å². The Bertz CT molecular complexity index is 346. The van der Waals surface area contributed by atoms with Crippen LogP contribution >= 0.6 is 22.9 Å². The second-order valence-corrected chi connectivity index (χ2v) is 5.02. The van der Waals surface area contributed by atoms with Crippen molar-refractivity contribution < 1.29 is 0 Å². The summed E-state index contributed by atoms with van der Waals surface area (Å²) in [5.41, 5.74) is -0.0888.